The maximum atomic E-state index is 12.5. The number of nitrogens with one attached hydrogen (secondary N) is 2. The summed E-state index contributed by atoms with van der Waals surface area (Å²) in [5.74, 6) is 0.905. The zero-order valence-electron chi connectivity index (χ0n) is 30.0. The van der Waals surface area contributed by atoms with E-state index in [4.69, 9.17) is 18.9 Å². The number of esters is 2. The maximum absolute atomic E-state index is 12.5. The minimum Gasteiger partial charge on any atom is -0.459 e. The van der Waals surface area contributed by atoms with Gasteiger partial charge in [0.1, 0.15) is 36.5 Å². The molecule has 2 amide bonds. The van der Waals surface area contributed by atoms with Crippen molar-refractivity contribution in [3.05, 3.63) is 135 Å². The molecule has 2 aliphatic rings. The Kier molecular flexibility index (Phi) is 18.6. The molecule has 2 saturated carbocycles. The fourth-order valence-corrected chi connectivity index (χ4v) is 4.52. The third-order valence-corrected chi connectivity index (χ3v) is 6.74. The Hall–Kier alpha value is -3.56. The van der Waals surface area contributed by atoms with Crippen LogP contribution in [-0.2, 0) is 58.8 Å². The summed E-state index contributed by atoms with van der Waals surface area (Å²) in [4.78, 5) is 49.0. The fourth-order valence-electron chi connectivity index (χ4n) is 4.52. The molecule has 0 saturated heterocycles. The Balaban J connectivity index is 0.000000347. The van der Waals surface area contributed by atoms with Gasteiger partial charge in [0.25, 0.3) is 0 Å². The first-order chi connectivity index (χ1) is 23.7. The zero-order chi connectivity index (χ0) is 36.6. The summed E-state index contributed by atoms with van der Waals surface area (Å²) >= 11 is 0. The van der Waals surface area contributed by atoms with E-state index < -0.39 is 47.4 Å². The minimum absolute atomic E-state index is 0. The number of rotatable bonds is 12. The molecule has 51 heavy (non-hydrogen) atoms. The Morgan fingerprint density at radius 2 is 0.863 bits per heavy atom. The van der Waals surface area contributed by atoms with Gasteiger partial charge in [-0.2, -0.15) is 0 Å². The van der Waals surface area contributed by atoms with Crippen molar-refractivity contribution in [3.8, 4) is 0 Å². The van der Waals surface area contributed by atoms with Gasteiger partial charge in [0.2, 0.25) is 0 Å². The van der Waals surface area contributed by atoms with Gasteiger partial charge >= 0.3 is 41.2 Å². The van der Waals surface area contributed by atoms with E-state index in [1.807, 2.05) is 112 Å². The summed E-state index contributed by atoms with van der Waals surface area (Å²) in [7, 11) is 0. The minimum atomic E-state index is -0.805. The number of benzene rings is 2. The van der Waals surface area contributed by atoms with Crippen molar-refractivity contribution in [2.75, 3.05) is 0 Å². The topological polar surface area (TPSA) is 129 Å². The van der Waals surface area contributed by atoms with Gasteiger partial charge < -0.3 is 29.6 Å². The molecule has 0 bridgehead atoms. The molecule has 4 rings (SSSR count). The van der Waals surface area contributed by atoms with Crippen molar-refractivity contribution in [2.24, 2.45) is 0 Å². The van der Waals surface area contributed by atoms with Crippen LogP contribution < -0.4 is 10.6 Å². The van der Waals surface area contributed by atoms with Crippen LogP contribution in [0.4, 0.5) is 9.59 Å². The number of carbonyl (C=O) groups excluding carboxylic acids is 4. The molecule has 11 heteroatoms. The van der Waals surface area contributed by atoms with Crippen molar-refractivity contribution in [1.29, 1.82) is 0 Å². The van der Waals surface area contributed by atoms with Crippen LogP contribution in [0.5, 0.6) is 0 Å². The summed E-state index contributed by atoms with van der Waals surface area (Å²) in [6.07, 6.45) is 14.5. The van der Waals surface area contributed by atoms with Gasteiger partial charge in [0, 0.05) is 0 Å². The second-order valence-electron chi connectivity index (χ2n) is 13.6. The predicted molar refractivity (Wildman–Crippen MR) is 189 cm³/mol. The molecular formula is C40H48FeN2O8+2. The van der Waals surface area contributed by atoms with Crippen LogP contribution in [0.25, 0.3) is 0 Å². The van der Waals surface area contributed by atoms with Gasteiger partial charge in [-0.3, -0.25) is 0 Å². The van der Waals surface area contributed by atoms with E-state index in [2.05, 4.69) is 10.6 Å². The van der Waals surface area contributed by atoms with Crippen LogP contribution in [-0.4, -0.2) is 47.4 Å². The first-order valence-corrected chi connectivity index (χ1v) is 16.5. The first kappa shape index (κ1) is 43.6. The fraction of sp³-hybridized carbons (Fsp3) is 0.350. The van der Waals surface area contributed by atoms with E-state index in [1.54, 1.807) is 41.5 Å². The van der Waals surface area contributed by atoms with Crippen LogP contribution in [0.1, 0.15) is 65.5 Å². The van der Waals surface area contributed by atoms with E-state index in [9.17, 15) is 19.2 Å². The van der Waals surface area contributed by atoms with Crippen LogP contribution in [0.3, 0.4) is 0 Å². The summed E-state index contributed by atoms with van der Waals surface area (Å²) in [5, 5.41) is 5.22. The maximum Gasteiger partial charge on any atom is 2.00 e. The monoisotopic (exact) mass is 740 g/mol. The van der Waals surface area contributed by atoms with Crippen molar-refractivity contribution in [1.82, 2.24) is 10.6 Å². The number of hydrogen-bond donors (Lipinski definition) is 2. The average molecular weight is 741 g/mol. The smallest absolute Gasteiger partial charge is 0.459 e. The largest absolute Gasteiger partial charge is 2.00 e. The number of alkyl carbamates (subject to hydrolysis) is 2. The van der Waals surface area contributed by atoms with E-state index in [1.165, 1.54) is 0 Å². The van der Waals surface area contributed by atoms with Gasteiger partial charge in [-0.1, -0.05) is 60.7 Å². The molecule has 0 heterocycles. The number of carbonyl (C=O) groups is 4. The second kappa shape index (κ2) is 21.7. The molecule has 10 nitrogen and oxygen atoms in total. The van der Waals surface area contributed by atoms with E-state index in [-0.39, 0.29) is 30.3 Å². The molecule has 0 aromatic heterocycles. The molecule has 2 aliphatic carbocycles. The summed E-state index contributed by atoms with van der Waals surface area (Å²) in [6, 6.07) is 17.2. The normalized spacial score (nSPS) is 16.0. The molecule has 2 aromatic rings. The van der Waals surface area contributed by atoms with Gasteiger partial charge in [0.15, 0.2) is 0 Å². The van der Waals surface area contributed by atoms with Crippen LogP contribution >= 0.6 is 0 Å². The molecule has 2 fully saturated rings. The van der Waals surface area contributed by atoms with Gasteiger partial charge in [0.05, 0.1) is 0 Å². The van der Waals surface area contributed by atoms with Crippen molar-refractivity contribution < 1.29 is 55.2 Å². The van der Waals surface area contributed by atoms with E-state index in [0.717, 1.165) is 23.0 Å². The van der Waals surface area contributed by atoms with Crippen molar-refractivity contribution in [3.63, 3.8) is 0 Å². The molecule has 0 unspecified atom stereocenters. The van der Waals surface area contributed by atoms with Gasteiger partial charge in [-0.15, -0.1) is 0 Å². The summed E-state index contributed by atoms with van der Waals surface area (Å²) in [6.45, 7) is 10.9. The van der Waals surface area contributed by atoms with Gasteiger partial charge in [-0.25, -0.2) is 19.2 Å². The molecular weight excluding hydrogens is 692 g/mol. The summed E-state index contributed by atoms with van der Waals surface area (Å²) < 4.78 is 21.2. The Bertz CT molecular complexity index is 1230. The Labute approximate surface area is 314 Å². The van der Waals surface area contributed by atoms with E-state index in [0.29, 0.717) is 12.8 Å². The molecule has 2 aromatic carbocycles. The van der Waals surface area contributed by atoms with E-state index >= 15 is 0 Å². The zero-order valence-corrected chi connectivity index (χ0v) is 31.1. The molecule has 272 valence electrons. The van der Waals surface area contributed by atoms with Crippen LogP contribution in [0.2, 0.25) is 0 Å². The van der Waals surface area contributed by atoms with Crippen LogP contribution in [0.15, 0.2) is 60.7 Å². The quantitative estimate of drug-likeness (QED) is 0.138. The summed E-state index contributed by atoms with van der Waals surface area (Å²) in [5.41, 5.74) is 0.506. The van der Waals surface area contributed by atoms with Crippen LogP contribution in [0, 0.1) is 63.2 Å². The predicted octanol–water partition coefficient (Wildman–Crippen LogP) is 6.83. The van der Waals surface area contributed by atoms with Gasteiger partial charge in [-0.05, 0) is 129 Å². The first-order valence-electron chi connectivity index (χ1n) is 16.5. The van der Waals surface area contributed by atoms with Crippen molar-refractivity contribution in [2.45, 2.75) is 90.9 Å². The molecule has 10 radical (unpaired) electrons. The standard InChI is InChI=1S/2C20H24NO4.Fe/c2*1-20(2,3)25-19(23)21-17(13-15-9-7-8-10-15)18(22)24-14-16-11-5-4-6-12-16;/h2*4-12,17H,13-14H2,1-3H3,(H,21,23);/q;;+2/t2*17-;/m00./s1. The average Bonchev–Trinajstić information content (AvgIpc) is 3.76. The number of ether oxygens (including phenoxy) is 4. The third kappa shape index (κ3) is 18.5. The Morgan fingerprint density at radius 1 is 0.549 bits per heavy atom. The molecule has 0 spiro atoms. The second-order valence-corrected chi connectivity index (χ2v) is 13.6. The third-order valence-electron chi connectivity index (χ3n) is 6.74. The number of amides is 2. The molecule has 2 atom stereocenters. The van der Waals surface area contributed by atoms with Crippen molar-refractivity contribution >= 4 is 24.1 Å². The number of hydrogen-bond acceptors (Lipinski definition) is 8. The SMILES string of the molecule is CC(C)(C)OC(=O)N[C@@H](C[C]1[CH][CH][CH][CH]1)C(=O)OCc1ccccc1.CC(C)(C)OC(=O)N[C@@H](C[C]1[CH][CH][CH][CH]1)C(=O)OCc1ccccc1.[Fe+2]. The molecule has 2 N–H and O–H groups in total. The Morgan fingerprint density at radius 3 is 1.16 bits per heavy atom. The molecule has 0 aliphatic heterocycles.